The molecule has 7 nitrogen and oxygen atoms in total. The van der Waals surface area contributed by atoms with Gasteiger partial charge in [-0.25, -0.2) is 0 Å². The number of carbonyl (C=O) groups excluding carboxylic acids is 2. The Kier molecular flexibility index (Phi) is 5.36. The van der Waals surface area contributed by atoms with E-state index in [-0.39, 0.29) is 19.1 Å². The Bertz CT molecular complexity index is 617. The van der Waals surface area contributed by atoms with Crippen molar-refractivity contribution in [3.63, 3.8) is 0 Å². The van der Waals surface area contributed by atoms with Crippen LogP contribution in [0.25, 0.3) is 0 Å². The molecule has 0 radical (unpaired) electrons. The highest BCUT2D eigenvalue weighted by molar-refractivity contribution is 5.66. The number of hydrogen-bond acceptors (Lipinski definition) is 7. The molecule has 136 valence electrons. The van der Waals surface area contributed by atoms with Crippen molar-refractivity contribution in [1.29, 1.82) is 0 Å². The van der Waals surface area contributed by atoms with Crippen molar-refractivity contribution in [1.82, 2.24) is 0 Å². The lowest BCUT2D eigenvalue weighted by Crippen LogP contribution is -2.54. The zero-order valence-corrected chi connectivity index (χ0v) is 14.3. The van der Waals surface area contributed by atoms with Crippen LogP contribution in [-0.4, -0.2) is 49.8 Å². The van der Waals surface area contributed by atoms with Crippen LogP contribution in [0.5, 0.6) is 0 Å². The lowest BCUT2D eigenvalue weighted by molar-refractivity contribution is -0.212. The summed E-state index contributed by atoms with van der Waals surface area (Å²) in [6, 6.07) is 9.73. The van der Waals surface area contributed by atoms with Gasteiger partial charge in [0.1, 0.15) is 12.7 Å². The Morgan fingerprint density at radius 3 is 2.64 bits per heavy atom. The summed E-state index contributed by atoms with van der Waals surface area (Å²) in [7, 11) is 0. The molecule has 25 heavy (non-hydrogen) atoms. The van der Waals surface area contributed by atoms with Gasteiger partial charge in [0.2, 0.25) is 6.29 Å². The quantitative estimate of drug-likeness (QED) is 0.718. The fraction of sp³-hybridized carbons (Fsp3) is 0.556. The number of ether oxygens (including phenoxy) is 5. The van der Waals surface area contributed by atoms with Crippen molar-refractivity contribution in [2.24, 2.45) is 5.92 Å². The van der Waals surface area contributed by atoms with Gasteiger partial charge in [-0.05, 0) is 5.56 Å². The van der Waals surface area contributed by atoms with Gasteiger partial charge in [0.25, 0.3) is 0 Å². The highest BCUT2D eigenvalue weighted by Crippen LogP contribution is 2.43. The summed E-state index contributed by atoms with van der Waals surface area (Å²) in [5.74, 6) is -1.14. The number of carbonyl (C=O) groups is 2. The molecule has 0 spiro atoms. The van der Waals surface area contributed by atoms with Crippen molar-refractivity contribution in [3.8, 4) is 0 Å². The molecule has 1 aromatic rings. The molecule has 0 N–H and O–H groups in total. The first-order chi connectivity index (χ1) is 12.0. The lowest BCUT2D eigenvalue weighted by Gasteiger charge is -2.37. The standard InChI is InChI=1S/C18H22O7/c1-12(19)23-11-18-10-21-9-15(17(25-18)24-13(2)20)16(18)22-8-14-6-4-3-5-7-14/h3-7,15-17H,8-11H2,1-2H3/t15?,16-,17-,18-/m1/s1. The summed E-state index contributed by atoms with van der Waals surface area (Å²) in [5.41, 5.74) is 0.0313. The molecule has 2 aliphatic heterocycles. The normalized spacial score (nSPS) is 30.7. The lowest BCUT2D eigenvalue weighted by atomic mass is 9.89. The van der Waals surface area contributed by atoms with Gasteiger partial charge in [0.15, 0.2) is 5.60 Å². The molecule has 1 unspecified atom stereocenters. The van der Waals surface area contributed by atoms with Gasteiger partial charge >= 0.3 is 11.9 Å². The van der Waals surface area contributed by atoms with E-state index < -0.39 is 29.9 Å². The fourth-order valence-corrected chi connectivity index (χ4v) is 3.26. The average molecular weight is 350 g/mol. The maximum atomic E-state index is 11.4. The fourth-order valence-electron chi connectivity index (χ4n) is 3.26. The van der Waals surface area contributed by atoms with E-state index in [2.05, 4.69) is 0 Å². The molecule has 0 saturated carbocycles. The van der Waals surface area contributed by atoms with Crippen LogP contribution in [0.2, 0.25) is 0 Å². The van der Waals surface area contributed by atoms with Crippen LogP contribution < -0.4 is 0 Å². The molecule has 0 amide bonds. The molecular weight excluding hydrogens is 328 g/mol. The number of rotatable bonds is 6. The Hall–Kier alpha value is -1.96. The largest absolute Gasteiger partial charge is 0.463 e. The van der Waals surface area contributed by atoms with E-state index in [4.69, 9.17) is 23.7 Å². The minimum absolute atomic E-state index is 0.0178. The molecule has 7 heteroatoms. The highest BCUT2D eigenvalue weighted by atomic mass is 16.7. The zero-order chi connectivity index (χ0) is 17.9. The van der Waals surface area contributed by atoms with Crippen molar-refractivity contribution in [2.75, 3.05) is 19.8 Å². The Labute approximate surface area is 146 Å². The van der Waals surface area contributed by atoms with E-state index in [9.17, 15) is 9.59 Å². The van der Waals surface area contributed by atoms with Crippen LogP contribution in [0.15, 0.2) is 30.3 Å². The minimum atomic E-state index is -0.983. The van der Waals surface area contributed by atoms with Gasteiger partial charge in [0.05, 0.1) is 25.7 Å². The summed E-state index contributed by atoms with van der Waals surface area (Å²) >= 11 is 0. The average Bonchev–Trinajstić information content (AvgIpc) is 2.73. The second kappa shape index (κ2) is 7.51. The molecule has 2 bridgehead atoms. The molecule has 2 fully saturated rings. The van der Waals surface area contributed by atoms with Crippen LogP contribution in [0.1, 0.15) is 19.4 Å². The smallest absolute Gasteiger partial charge is 0.304 e. The molecule has 2 aliphatic rings. The first kappa shape index (κ1) is 17.8. The van der Waals surface area contributed by atoms with Crippen molar-refractivity contribution < 1.29 is 33.3 Å². The van der Waals surface area contributed by atoms with Gasteiger partial charge in [0, 0.05) is 13.8 Å². The molecule has 3 rings (SSSR count). The van der Waals surface area contributed by atoms with Gasteiger partial charge in [-0.3, -0.25) is 9.59 Å². The molecular formula is C18H22O7. The molecule has 1 aromatic carbocycles. The van der Waals surface area contributed by atoms with E-state index >= 15 is 0 Å². The zero-order valence-electron chi connectivity index (χ0n) is 14.3. The number of benzene rings is 1. The van der Waals surface area contributed by atoms with Crippen LogP contribution in [0.3, 0.4) is 0 Å². The van der Waals surface area contributed by atoms with Crippen LogP contribution in [-0.2, 0) is 39.9 Å². The van der Waals surface area contributed by atoms with Crippen molar-refractivity contribution in [3.05, 3.63) is 35.9 Å². The van der Waals surface area contributed by atoms with Crippen molar-refractivity contribution >= 4 is 11.9 Å². The molecule has 2 heterocycles. The van der Waals surface area contributed by atoms with E-state index in [1.165, 1.54) is 13.8 Å². The number of hydrogen-bond donors (Lipinski definition) is 0. The van der Waals surface area contributed by atoms with Crippen LogP contribution >= 0.6 is 0 Å². The van der Waals surface area contributed by atoms with Gasteiger partial charge < -0.3 is 23.7 Å². The third kappa shape index (κ3) is 4.00. The third-order valence-corrected chi connectivity index (χ3v) is 4.34. The maximum absolute atomic E-state index is 11.4. The minimum Gasteiger partial charge on any atom is -0.463 e. The third-order valence-electron chi connectivity index (χ3n) is 4.34. The molecule has 0 aromatic heterocycles. The summed E-state index contributed by atoms with van der Waals surface area (Å²) in [6.45, 7) is 3.56. The van der Waals surface area contributed by atoms with E-state index in [0.29, 0.717) is 13.2 Å². The van der Waals surface area contributed by atoms with Crippen LogP contribution in [0, 0.1) is 5.92 Å². The molecule has 4 atom stereocenters. The highest BCUT2D eigenvalue weighted by Gasteiger charge is 2.61. The monoisotopic (exact) mass is 350 g/mol. The summed E-state index contributed by atoms with van der Waals surface area (Å²) in [6.07, 6.45) is -1.19. The first-order valence-corrected chi connectivity index (χ1v) is 8.22. The Morgan fingerprint density at radius 1 is 1.20 bits per heavy atom. The summed E-state index contributed by atoms with van der Waals surface area (Å²) < 4.78 is 28.1. The maximum Gasteiger partial charge on any atom is 0.304 e. The second-order valence-electron chi connectivity index (χ2n) is 6.34. The second-order valence-corrected chi connectivity index (χ2v) is 6.34. The van der Waals surface area contributed by atoms with Crippen molar-refractivity contribution in [2.45, 2.75) is 38.4 Å². The van der Waals surface area contributed by atoms with E-state index in [1.54, 1.807) is 0 Å². The Balaban J connectivity index is 1.77. The predicted octanol–water partition coefficient (Wildman–Crippen LogP) is 1.44. The van der Waals surface area contributed by atoms with Gasteiger partial charge in [-0.1, -0.05) is 30.3 Å². The predicted molar refractivity (Wildman–Crippen MR) is 85.3 cm³/mol. The SMILES string of the molecule is CC(=O)OC[C@@]12COCC([C@H](OC(C)=O)O1)[C@H]2OCc1ccccc1. The first-order valence-electron chi connectivity index (χ1n) is 8.22. The Morgan fingerprint density at radius 2 is 1.96 bits per heavy atom. The topological polar surface area (TPSA) is 80.3 Å². The number of fused-ring (bicyclic) bond motifs is 2. The molecule has 2 saturated heterocycles. The van der Waals surface area contributed by atoms with Crippen LogP contribution in [0.4, 0.5) is 0 Å². The van der Waals surface area contributed by atoms with E-state index in [1.807, 2.05) is 30.3 Å². The summed E-state index contributed by atoms with van der Waals surface area (Å²) in [4.78, 5) is 22.6. The molecule has 0 aliphatic carbocycles. The van der Waals surface area contributed by atoms with E-state index in [0.717, 1.165) is 5.56 Å². The van der Waals surface area contributed by atoms with Gasteiger partial charge in [-0.2, -0.15) is 0 Å². The van der Waals surface area contributed by atoms with Gasteiger partial charge in [-0.15, -0.1) is 0 Å². The summed E-state index contributed by atoms with van der Waals surface area (Å²) in [5, 5.41) is 0. The number of esters is 2.